The Balaban J connectivity index is 6.05. The molecule has 324 valence electrons. The lowest BCUT2D eigenvalue weighted by molar-refractivity contribution is -0.157. The van der Waals surface area contributed by atoms with Crippen molar-refractivity contribution in [2.45, 2.75) is 142 Å². The summed E-state index contributed by atoms with van der Waals surface area (Å²) in [5.74, 6) is -9.08. The number of carbonyl (C=O) groups is 9. The first-order valence-electron chi connectivity index (χ1n) is 18.0. The number of carboxylic acid groups (broad SMARTS) is 1. The summed E-state index contributed by atoms with van der Waals surface area (Å²) in [6.07, 6.45) is -1.08. The molecule has 0 aliphatic rings. The van der Waals surface area contributed by atoms with Crippen molar-refractivity contribution in [3.63, 3.8) is 0 Å². The molecule has 0 aromatic rings. The van der Waals surface area contributed by atoms with Gasteiger partial charge in [-0.25, -0.2) is 0 Å². The third-order valence-corrected chi connectivity index (χ3v) is 6.93. The van der Waals surface area contributed by atoms with Gasteiger partial charge in [0.25, 0.3) is 5.91 Å². The number of primary amides is 1. The van der Waals surface area contributed by atoms with Gasteiger partial charge in [0.05, 0.1) is 38.2 Å². The quantitative estimate of drug-likeness (QED) is 0.0332. The molecular formula is C36H61N7O14. The highest BCUT2D eigenvalue weighted by molar-refractivity contribution is 5.97. The van der Waals surface area contributed by atoms with Crippen molar-refractivity contribution >= 4 is 53.4 Å². The third kappa shape index (κ3) is 22.9. The Morgan fingerprint density at radius 2 is 1.23 bits per heavy atom. The van der Waals surface area contributed by atoms with E-state index in [4.69, 9.17) is 35.5 Å². The maximum absolute atomic E-state index is 13.4. The Hall–Kier alpha value is -5.15. The van der Waals surface area contributed by atoms with Crippen molar-refractivity contribution in [3.05, 3.63) is 12.7 Å². The third-order valence-electron chi connectivity index (χ3n) is 6.93. The van der Waals surface area contributed by atoms with Crippen LogP contribution in [0.5, 0.6) is 0 Å². The summed E-state index contributed by atoms with van der Waals surface area (Å²) >= 11 is 0. The summed E-state index contributed by atoms with van der Waals surface area (Å²) in [6.45, 7) is 17.7. The lowest BCUT2D eigenvalue weighted by Crippen LogP contribution is -2.62. The van der Waals surface area contributed by atoms with Crippen LogP contribution in [0.15, 0.2) is 12.7 Å². The summed E-state index contributed by atoms with van der Waals surface area (Å²) in [5, 5.41) is 20.6. The van der Waals surface area contributed by atoms with Crippen LogP contribution in [-0.4, -0.2) is 125 Å². The summed E-state index contributed by atoms with van der Waals surface area (Å²) in [6, 6.07) is -6.06. The van der Waals surface area contributed by atoms with E-state index in [1.807, 2.05) is 0 Å². The minimum atomic E-state index is -2.20. The van der Waals surface area contributed by atoms with E-state index < -0.39 is 139 Å². The Morgan fingerprint density at radius 1 is 0.702 bits per heavy atom. The summed E-state index contributed by atoms with van der Waals surface area (Å²) < 4.78 is 21.5. The number of amides is 6. The minimum Gasteiger partial charge on any atom is -0.481 e. The van der Waals surface area contributed by atoms with Gasteiger partial charge in [-0.15, -0.1) is 6.58 Å². The van der Waals surface area contributed by atoms with Crippen molar-refractivity contribution in [2.75, 3.05) is 19.8 Å². The molecule has 21 heteroatoms. The van der Waals surface area contributed by atoms with Gasteiger partial charge in [-0.05, 0) is 69.2 Å². The van der Waals surface area contributed by atoms with Gasteiger partial charge in [-0.3, -0.25) is 48.9 Å². The van der Waals surface area contributed by atoms with E-state index in [0.717, 1.165) is 0 Å². The van der Waals surface area contributed by atoms with Gasteiger partial charge in [0.15, 0.2) is 5.72 Å². The lowest BCUT2D eigenvalue weighted by atomic mass is 10.1. The largest absolute Gasteiger partial charge is 0.481 e. The van der Waals surface area contributed by atoms with E-state index in [0.29, 0.717) is 0 Å². The Labute approximate surface area is 332 Å². The van der Waals surface area contributed by atoms with Gasteiger partial charge in [-0.1, -0.05) is 6.08 Å². The topological polar surface area (TPSA) is 323 Å². The highest BCUT2D eigenvalue weighted by Gasteiger charge is 2.38. The molecule has 21 nitrogen and oxygen atoms in total. The molecule has 57 heavy (non-hydrogen) atoms. The van der Waals surface area contributed by atoms with Gasteiger partial charge in [0, 0.05) is 12.8 Å². The highest BCUT2D eigenvalue weighted by atomic mass is 16.6. The molecule has 0 radical (unpaired) electrons. The van der Waals surface area contributed by atoms with Crippen LogP contribution in [0.2, 0.25) is 0 Å². The monoisotopic (exact) mass is 815 g/mol. The summed E-state index contributed by atoms with van der Waals surface area (Å²) in [4.78, 5) is 114. The van der Waals surface area contributed by atoms with Crippen LogP contribution in [0.4, 0.5) is 0 Å². The van der Waals surface area contributed by atoms with Crippen molar-refractivity contribution in [2.24, 2.45) is 11.5 Å². The fraction of sp³-hybridized carbons (Fsp3) is 0.694. The maximum atomic E-state index is 13.4. The van der Waals surface area contributed by atoms with E-state index in [9.17, 15) is 43.2 Å². The van der Waals surface area contributed by atoms with Crippen LogP contribution >= 0.6 is 0 Å². The zero-order chi connectivity index (χ0) is 44.5. The molecule has 0 aliphatic heterocycles. The smallest absolute Gasteiger partial charge is 0.308 e. The lowest BCUT2D eigenvalue weighted by Gasteiger charge is -2.30. The van der Waals surface area contributed by atoms with Crippen molar-refractivity contribution < 1.29 is 67.2 Å². The van der Waals surface area contributed by atoms with Crippen LogP contribution in [0.25, 0.3) is 0 Å². The van der Waals surface area contributed by atoms with Gasteiger partial charge in [0.2, 0.25) is 29.5 Å². The zero-order valence-corrected chi connectivity index (χ0v) is 34.5. The first kappa shape index (κ1) is 51.9. The number of hydrogen-bond acceptors (Lipinski definition) is 14. The second-order valence-electron chi connectivity index (χ2n) is 15.9. The fourth-order valence-corrected chi connectivity index (χ4v) is 4.29. The average molecular weight is 816 g/mol. The molecule has 0 bridgehead atoms. The number of rotatable bonds is 23. The number of ether oxygens (including phenoxy) is 4. The predicted molar refractivity (Wildman–Crippen MR) is 202 cm³/mol. The normalized spacial score (nSPS) is 14.9. The summed E-state index contributed by atoms with van der Waals surface area (Å²) in [5.41, 5.74) is 6.58. The van der Waals surface area contributed by atoms with E-state index >= 15 is 0 Å². The number of nitrogens with two attached hydrogens (primary N) is 2. The van der Waals surface area contributed by atoms with E-state index in [2.05, 4.69) is 33.2 Å². The Morgan fingerprint density at radius 3 is 1.68 bits per heavy atom. The molecule has 0 fully saturated rings. The Bertz CT molecular complexity index is 1480. The van der Waals surface area contributed by atoms with Crippen LogP contribution in [0.1, 0.15) is 94.9 Å². The van der Waals surface area contributed by atoms with Crippen molar-refractivity contribution in [1.29, 1.82) is 0 Å². The number of carboxylic acids is 1. The number of aliphatic carboxylic acids is 1. The highest BCUT2D eigenvalue weighted by Crippen LogP contribution is 2.15. The number of carbonyl (C=O) groups excluding carboxylic acids is 8. The van der Waals surface area contributed by atoms with Crippen molar-refractivity contribution in [1.82, 2.24) is 26.6 Å². The number of esters is 2. The molecule has 0 heterocycles. The van der Waals surface area contributed by atoms with Crippen molar-refractivity contribution in [3.8, 4) is 0 Å². The van der Waals surface area contributed by atoms with Gasteiger partial charge in [0.1, 0.15) is 35.4 Å². The number of hydrogen-bond donors (Lipinski definition) is 8. The van der Waals surface area contributed by atoms with Crippen LogP contribution in [-0.2, 0) is 62.1 Å². The maximum Gasteiger partial charge on any atom is 0.308 e. The molecule has 0 aromatic carbocycles. The minimum absolute atomic E-state index is 0.234. The SMILES string of the molecule is C=CCO[C@](N)(CCC(=O)O)C(=O)N[C@H](COC(C)(C)C)C(=O)NCC(=O)N[C@@H](CC(=O)OC(C)(C)C)C(=O)N[C@H](C)C(=O)N[C@@H](CC(=O)OC(C)(C)C)C(N)=O. The first-order chi connectivity index (χ1) is 25.9. The van der Waals surface area contributed by atoms with Crippen LogP contribution in [0, 0.1) is 0 Å². The molecule has 6 amide bonds. The van der Waals surface area contributed by atoms with E-state index in [1.165, 1.54) is 13.0 Å². The summed E-state index contributed by atoms with van der Waals surface area (Å²) in [7, 11) is 0. The zero-order valence-electron chi connectivity index (χ0n) is 34.5. The molecule has 0 saturated heterocycles. The molecular weight excluding hydrogens is 754 g/mol. The first-order valence-corrected chi connectivity index (χ1v) is 18.0. The van der Waals surface area contributed by atoms with Crippen LogP contribution in [0.3, 0.4) is 0 Å². The van der Waals surface area contributed by atoms with Crippen LogP contribution < -0.4 is 38.1 Å². The second-order valence-corrected chi connectivity index (χ2v) is 15.9. The molecule has 0 aliphatic carbocycles. The standard InChI is InChI=1S/C36H61N7O14/c1-12-15-54-36(38,14-13-25(45)46)32(53)43-23(19-55-33(3,4)5)30(51)39-18-24(44)41-22(17-27(48)57-35(9,10)11)31(52)40-20(2)29(50)42-21(28(37)49)16-26(47)56-34(6,7)8/h12,20-23H,1,13-19,38H2,2-11H3,(H2,37,49)(H,39,51)(H,40,52)(H,41,44)(H,42,50)(H,43,53)(H,45,46)/t20-,21+,22+,23-,36-/m1/s1. The van der Waals surface area contributed by atoms with E-state index in [-0.39, 0.29) is 6.61 Å². The molecule has 0 aromatic heterocycles. The van der Waals surface area contributed by atoms with Gasteiger partial charge >= 0.3 is 17.9 Å². The average Bonchev–Trinajstić information content (AvgIpc) is 3.03. The molecule has 5 atom stereocenters. The molecule has 0 spiro atoms. The number of nitrogens with one attached hydrogen (secondary N) is 5. The second kappa shape index (κ2) is 22.6. The molecule has 0 rings (SSSR count). The fourth-order valence-electron chi connectivity index (χ4n) is 4.29. The molecule has 0 unspecified atom stereocenters. The van der Waals surface area contributed by atoms with Gasteiger partial charge in [-0.2, -0.15) is 0 Å². The molecule has 10 N–H and O–H groups in total. The van der Waals surface area contributed by atoms with Gasteiger partial charge < -0.3 is 56.4 Å². The molecule has 0 saturated carbocycles. The van der Waals surface area contributed by atoms with E-state index in [1.54, 1.807) is 62.3 Å². The Kier molecular flexibility index (Phi) is 20.5. The predicted octanol–water partition coefficient (Wildman–Crippen LogP) is -1.45.